The molecule has 2 rings (SSSR count). The number of carbonyl (C=O) groups is 2. The Kier molecular flexibility index (Phi) is 5.53. The van der Waals surface area contributed by atoms with Gasteiger partial charge in [0.05, 0.1) is 10.6 Å². The zero-order valence-corrected chi connectivity index (χ0v) is 13.7. The van der Waals surface area contributed by atoms with E-state index < -0.39 is 5.91 Å². The summed E-state index contributed by atoms with van der Waals surface area (Å²) in [6, 6.07) is 2.72. The smallest absolute Gasteiger partial charge is 0.255 e. The molecule has 0 spiro atoms. The quantitative estimate of drug-likeness (QED) is 0.866. The van der Waals surface area contributed by atoms with Crippen LogP contribution in [0.3, 0.4) is 0 Å². The number of likely N-dealkylation sites (tertiary alicyclic amines) is 1. The van der Waals surface area contributed by atoms with Crippen molar-refractivity contribution in [3.63, 3.8) is 0 Å². The minimum Gasteiger partial charge on any atom is -0.506 e. The van der Waals surface area contributed by atoms with Gasteiger partial charge in [-0.05, 0) is 31.4 Å². The summed E-state index contributed by atoms with van der Waals surface area (Å²) in [5.74, 6) is -0.642. The van der Waals surface area contributed by atoms with Gasteiger partial charge in [0.1, 0.15) is 5.75 Å². The molecule has 1 aliphatic heterocycles. The van der Waals surface area contributed by atoms with Gasteiger partial charge in [0.2, 0.25) is 5.91 Å². The number of hydrogen-bond donors (Lipinski definition) is 2. The third-order valence-electron chi connectivity index (χ3n) is 3.78. The summed E-state index contributed by atoms with van der Waals surface area (Å²) in [7, 11) is 0. The third-order valence-corrected chi connectivity index (χ3v) is 4.29. The predicted molar refractivity (Wildman–Crippen MR) is 85.5 cm³/mol. The van der Waals surface area contributed by atoms with Crippen molar-refractivity contribution >= 4 is 35.0 Å². The second-order valence-electron chi connectivity index (χ2n) is 5.39. The molecule has 2 amide bonds. The van der Waals surface area contributed by atoms with E-state index >= 15 is 0 Å². The van der Waals surface area contributed by atoms with Crippen LogP contribution < -0.4 is 5.32 Å². The molecule has 1 aromatic carbocycles. The van der Waals surface area contributed by atoms with Crippen LogP contribution >= 0.6 is 23.2 Å². The number of aromatic hydroxyl groups is 1. The van der Waals surface area contributed by atoms with E-state index in [9.17, 15) is 14.7 Å². The molecule has 7 heteroatoms. The lowest BCUT2D eigenvalue weighted by atomic mass is 10.1. The number of phenolic OH excluding ortho intramolecular Hbond substituents is 1. The largest absolute Gasteiger partial charge is 0.506 e. The van der Waals surface area contributed by atoms with E-state index in [4.69, 9.17) is 23.2 Å². The number of hydrogen-bond acceptors (Lipinski definition) is 3. The highest BCUT2D eigenvalue weighted by atomic mass is 35.5. The van der Waals surface area contributed by atoms with E-state index in [0.29, 0.717) is 19.5 Å². The molecule has 120 valence electrons. The van der Waals surface area contributed by atoms with Crippen LogP contribution in [0.2, 0.25) is 10.0 Å². The summed E-state index contributed by atoms with van der Waals surface area (Å²) in [6.07, 6.45) is 2.29. The molecule has 1 aromatic rings. The molecule has 0 bridgehead atoms. The highest BCUT2D eigenvalue weighted by Crippen LogP contribution is 2.31. The molecule has 1 heterocycles. The Morgan fingerprint density at radius 3 is 2.68 bits per heavy atom. The van der Waals surface area contributed by atoms with E-state index in [0.717, 1.165) is 12.8 Å². The Morgan fingerprint density at radius 2 is 2.00 bits per heavy atom. The average Bonchev–Trinajstić information content (AvgIpc) is 2.68. The van der Waals surface area contributed by atoms with Crippen molar-refractivity contribution in [2.45, 2.75) is 32.2 Å². The molecule has 1 saturated heterocycles. The monoisotopic (exact) mass is 344 g/mol. The van der Waals surface area contributed by atoms with Crippen LogP contribution in [0.5, 0.6) is 5.75 Å². The van der Waals surface area contributed by atoms with Gasteiger partial charge in [-0.2, -0.15) is 0 Å². The van der Waals surface area contributed by atoms with Gasteiger partial charge in [0, 0.05) is 31.1 Å². The number of amides is 2. The number of rotatable bonds is 2. The number of halogens is 2. The molecule has 2 N–H and O–H groups in total. The van der Waals surface area contributed by atoms with Crippen molar-refractivity contribution in [2.75, 3.05) is 13.1 Å². The Labute approximate surface area is 139 Å². The molecule has 1 aliphatic rings. The molecule has 1 unspecified atom stereocenters. The lowest BCUT2D eigenvalue weighted by Gasteiger charge is -2.19. The number of benzene rings is 1. The van der Waals surface area contributed by atoms with Gasteiger partial charge < -0.3 is 15.3 Å². The standard InChI is InChI=1S/C15H18Cl2N2O3/c1-9(20)19-5-2-3-11(4-6-19)18-15(22)12-7-10(16)8-13(17)14(12)21/h7-8,11,21H,2-6H2,1H3,(H,18,22). The fourth-order valence-electron chi connectivity index (χ4n) is 2.56. The summed E-state index contributed by atoms with van der Waals surface area (Å²) < 4.78 is 0. The lowest BCUT2D eigenvalue weighted by molar-refractivity contribution is -0.128. The molecule has 5 nitrogen and oxygen atoms in total. The molecular formula is C15H18Cl2N2O3. The molecule has 0 aromatic heterocycles. The molecule has 0 radical (unpaired) electrons. The minimum atomic E-state index is -0.414. The summed E-state index contributed by atoms with van der Waals surface area (Å²) >= 11 is 11.7. The second-order valence-corrected chi connectivity index (χ2v) is 6.23. The van der Waals surface area contributed by atoms with Crippen molar-refractivity contribution in [1.82, 2.24) is 10.2 Å². The summed E-state index contributed by atoms with van der Waals surface area (Å²) in [4.78, 5) is 25.5. The van der Waals surface area contributed by atoms with Crippen molar-refractivity contribution in [1.29, 1.82) is 0 Å². The van der Waals surface area contributed by atoms with Crippen LogP contribution in [-0.4, -0.2) is 41.0 Å². The highest BCUT2D eigenvalue weighted by Gasteiger charge is 2.22. The first-order valence-electron chi connectivity index (χ1n) is 7.13. The predicted octanol–water partition coefficient (Wildman–Crippen LogP) is 2.83. The Balaban J connectivity index is 2.05. The summed E-state index contributed by atoms with van der Waals surface area (Å²) in [5.41, 5.74) is 0.0603. The molecule has 1 atom stereocenters. The van der Waals surface area contributed by atoms with Gasteiger partial charge >= 0.3 is 0 Å². The fourth-order valence-corrected chi connectivity index (χ4v) is 3.05. The third kappa shape index (κ3) is 4.05. The Morgan fingerprint density at radius 1 is 1.27 bits per heavy atom. The normalized spacial score (nSPS) is 18.7. The lowest BCUT2D eigenvalue weighted by Crippen LogP contribution is -2.36. The number of carbonyl (C=O) groups excluding carboxylic acids is 2. The summed E-state index contributed by atoms with van der Waals surface area (Å²) in [5, 5.41) is 13.1. The second kappa shape index (κ2) is 7.20. The van der Waals surface area contributed by atoms with E-state index in [1.165, 1.54) is 12.1 Å². The van der Waals surface area contributed by atoms with Gasteiger partial charge in [0.15, 0.2) is 0 Å². The molecule has 0 saturated carbocycles. The molecule has 22 heavy (non-hydrogen) atoms. The zero-order valence-electron chi connectivity index (χ0n) is 12.2. The van der Waals surface area contributed by atoms with Gasteiger partial charge in [-0.15, -0.1) is 0 Å². The summed E-state index contributed by atoms with van der Waals surface area (Å²) in [6.45, 7) is 2.86. The first-order chi connectivity index (χ1) is 10.4. The average molecular weight is 345 g/mol. The van der Waals surface area contributed by atoms with Crippen LogP contribution in [0, 0.1) is 0 Å². The SMILES string of the molecule is CC(=O)N1CCCC(NC(=O)c2cc(Cl)cc(Cl)c2O)CC1. The Hall–Kier alpha value is -1.46. The maximum atomic E-state index is 12.3. The van der Waals surface area contributed by atoms with Crippen LogP contribution in [-0.2, 0) is 4.79 Å². The van der Waals surface area contributed by atoms with E-state index in [2.05, 4.69) is 5.32 Å². The topological polar surface area (TPSA) is 69.6 Å². The number of nitrogens with zero attached hydrogens (tertiary/aromatic N) is 1. The first kappa shape index (κ1) is 16.9. The van der Waals surface area contributed by atoms with Crippen LogP contribution in [0.25, 0.3) is 0 Å². The number of phenols is 1. The van der Waals surface area contributed by atoms with Crippen molar-refractivity contribution < 1.29 is 14.7 Å². The van der Waals surface area contributed by atoms with Crippen molar-refractivity contribution in [3.8, 4) is 5.75 Å². The van der Waals surface area contributed by atoms with E-state index in [1.807, 2.05) is 0 Å². The van der Waals surface area contributed by atoms with Gasteiger partial charge in [-0.3, -0.25) is 9.59 Å². The molecular weight excluding hydrogens is 327 g/mol. The van der Waals surface area contributed by atoms with Crippen LogP contribution in [0.4, 0.5) is 0 Å². The number of nitrogens with one attached hydrogen (secondary N) is 1. The molecule has 1 fully saturated rings. The minimum absolute atomic E-state index is 0.0428. The van der Waals surface area contributed by atoms with Gasteiger partial charge in [0.25, 0.3) is 5.91 Å². The van der Waals surface area contributed by atoms with E-state index in [1.54, 1.807) is 11.8 Å². The van der Waals surface area contributed by atoms with Crippen LogP contribution in [0.15, 0.2) is 12.1 Å². The van der Waals surface area contributed by atoms with Gasteiger partial charge in [-0.1, -0.05) is 23.2 Å². The fraction of sp³-hybridized carbons (Fsp3) is 0.467. The van der Waals surface area contributed by atoms with Crippen LogP contribution in [0.1, 0.15) is 36.5 Å². The van der Waals surface area contributed by atoms with Crippen molar-refractivity contribution in [3.05, 3.63) is 27.7 Å². The zero-order chi connectivity index (χ0) is 16.3. The maximum Gasteiger partial charge on any atom is 0.255 e. The van der Waals surface area contributed by atoms with E-state index in [-0.39, 0.29) is 33.3 Å². The van der Waals surface area contributed by atoms with Gasteiger partial charge in [-0.25, -0.2) is 0 Å². The molecule has 0 aliphatic carbocycles. The first-order valence-corrected chi connectivity index (χ1v) is 7.88. The Bertz CT molecular complexity index is 592. The highest BCUT2D eigenvalue weighted by molar-refractivity contribution is 6.36. The van der Waals surface area contributed by atoms with Crippen molar-refractivity contribution in [2.24, 2.45) is 0 Å². The maximum absolute atomic E-state index is 12.3.